The van der Waals surface area contributed by atoms with E-state index in [1.54, 1.807) is 50.6 Å². The second-order valence-corrected chi connectivity index (χ2v) is 6.99. The molecule has 0 aromatic heterocycles. The fourth-order valence-corrected chi connectivity index (χ4v) is 3.51. The Balaban J connectivity index is 0.000000633. The minimum Gasteiger partial charge on any atom is -0.478 e. The predicted octanol–water partition coefficient (Wildman–Crippen LogP) is 3.33. The molecule has 2 rings (SSSR count). The number of ether oxygens (including phenoxy) is 4. The third-order valence-corrected chi connectivity index (χ3v) is 4.82. The van der Waals surface area contributed by atoms with E-state index >= 15 is 0 Å². The molecular weight excluding hydrogens is 416 g/mol. The highest BCUT2D eigenvalue weighted by atomic mass is 16.5. The average molecular weight is 449 g/mol. The first-order chi connectivity index (χ1) is 15.4. The lowest BCUT2D eigenvalue weighted by Gasteiger charge is -2.35. The zero-order valence-electron chi connectivity index (χ0n) is 19.0. The largest absolute Gasteiger partial charge is 0.478 e. The van der Waals surface area contributed by atoms with Crippen molar-refractivity contribution in [1.82, 2.24) is 0 Å². The lowest BCUT2D eigenvalue weighted by molar-refractivity contribution is 0.0654. The Bertz CT molecular complexity index is 780. The number of carbonyl (C=O) groups is 2. The van der Waals surface area contributed by atoms with Crippen molar-refractivity contribution in [2.75, 3.05) is 54.9 Å². The molecule has 0 saturated carbocycles. The summed E-state index contributed by atoms with van der Waals surface area (Å²) in [6.07, 6.45) is 0.993. The number of benzene rings is 2. The lowest BCUT2D eigenvalue weighted by atomic mass is 9.72. The summed E-state index contributed by atoms with van der Waals surface area (Å²) in [4.78, 5) is 23.5. The van der Waals surface area contributed by atoms with Crippen LogP contribution >= 0.6 is 0 Å². The molecule has 0 unspecified atom stereocenters. The molecular formula is C24H32O8. The molecule has 176 valence electrons. The Hall–Kier alpha value is -2.78. The van der Waals surface area contributed by atoms with Crippen molar-refractivity contribution in [1.29, 1.82) is 0 Å². The van der Waals surface area contributed by atoms with Gasteiger partial charge in [-0.05, 0) is 29.7 Å². The molecule has 2 aromatic rings. The van der Waals surface area contributed by atoms with E-state index in [1.165, 1.54) is 26.4 Å². The average Bonchev–Trinajstić information content (AvgIpc) is 2.79. The van der Waals surface area contributed by atoms with Gasteiger partial charge in [0.2, 0.25) is 0 Å². The number of hydrogen-bond acceptors (Lipinski definition) is 6. The van der Waals surface area contributed by atoms with Gasteiger partial charge < -0.3 is 29.2 Å². The van der Waals surface area contributed by atoms with Crippen LogP contribution in [0.25, 0.3) is 0 Å². The molecule has 0 fully saturated rings. The summed E-state index contributed by atoms with van der Waals surface area (Å²) in [6.45, 7) is 1.73. The molecule has 8 heteroatoms. The van der Waals surface area contributed by atoms with E-state index < -0.39 is 17.4 Å². The molecule has 0 heterocycles. The molecule has 0 radical (unpaired) electrons. The van der Waals surface area contributed by atoms with Crippen molar-refractivity contribution in [3.05, 3.63) is 70.8 Å². The van der Waals surface area contributed by atoms with Gasteiger partial charge >= 0.3 is 11.9 Å². The van der Waals surface area contributed by atoms with Gasteiger partial charge in [0.05, 0.1) is 29.8 Å². The van der Waals surface area contributed by atoms with Gasteiger partial charge in [0, 0.05) is 41.7 Å². The van der Waals surface area contributed by atoms with Crippen molar-refractivity contribution in [2.45, 2.75) is 11.8 Å². The van der Waals surface area contributed by atoms with Crippen LogP contribution in [-0.2, 0) is 24.4 Å². The maximum atomic E-state index is 11.7. The van der Waals surface area contributed by atoms with Gasteiger partial charge in [-0.15, -0.1) is 0 Å². The molecule has 2 N–H and O–H groups in total. The van der Waals surface area contributed by atoms with Crippen molar-refractivity contribution in [2.24, 2.45) is 0 Å². The summed E-state index contributed by atoms with van der Waals surface area (Å²) in [5.74, 6) is -2.19. The minimum absolute atomic E-state index is 0.0649. The predicted molar refractivity (Wildman–Crippen MR) is 120 cm³/mol. The van der Waals surface area contributed by atoms with E-state index in [2.05, 4.69) is 0 Å². The number of rotatable bonds is 12. The van der Waals surface area contributed by atoms with Crippen LogP contribution in [0.1, 0.15) is 38.3 Å². The van der Waals surface area contributed by atoms with Crippen LogP contribution in [0.15, 0.2) is 48.5 Å². The summed E-state index contributed by atoms with van der Waals surface area (Å²) in [7, 11) is 6.35. The van der Waals surface area contributed by atoms with Gasteiger partial charge in [-0.2, -0.15) is 0 Å². The van der Waals surface area contributed by atoms with Crippen LogP contribution in [0.2, 0.25) is 0 Å². The van der Waals surface area contributed by atoms with Gasteiger partial charge in [0.1, 0.15) is 0 Å². The number of hydrogen-bond donors (Lipinski definition) is 2. The Morgan fingerprint density at radius 3 is 1.38 bits per heavy atom. The molecule has 0 saturated heterocycles. The van der Waals surface area contributed by atoms with Crippen molar-refractivity contribution in [3.8, 4) is 0 Å². The number of methoxy groups -OCH3 is 4. The second kappa shape index (κ2) is 14.3. The maximum absolute atomic E-state index is 11.7. The molecule has 0 amide bonds. The summed E-state index contributed by atoms with van der Waals surface area (Å²) in [5, 5.41) is 19.2. The van der Waals surface area contributed by atoms with Crippen molar-refractivity contribution in [3.63, 3.8) is 0 Å². The molecule has 0 aliphatic heterocycles. The molecule has 0 bridgehead atoms. The summed E-state index contributed by atoms with van der Waals surface area (Å²) in [5.41, 5.74) is -0.0265. The number of carboxylic acids is 2. The molecule has 0 aliphatic rings. The van der Waals surface area contributed by atoms with E-state index in [0.29, 0.717) is 11.1 Å². The van der Waals surface area contributed by atoms with Crippen LogP contribution in [0.3, 0.4) is 0 Å². The smallest absolute Gasteiger partial charge is 0.335 e. The lowest BCUT2D eigenvalue weighted by Crippen LogP contribution is -2.40. The molecule has 0 aliphatic carbocycles. The first kappa shape index (κ1) is 27.3. The van der Waals surface area contributed by atoms with Crippen LogP contribution in [0.5, 0.6) is 0 Å². The normalized spacial score (nSPS) is 10.9. The Morgan fingerprint density at radius 2 is 1.06 bits per heavy atom. The van der Waals surface area contributed by atoms with Gasteiger partial charge in [0.25, 0.3) is 0 Å². The summed E-state index contributed by atoms with van der Waals surface area (Å²) < 4.78 is 20.3. The second-order valence-electron chi connectivity index (χ2n) is 6.99. The zero-order chi connectivity index (χ0) is 24.0. The maximum Gasteiger partial charge on any atom is 0.335 e. The summed E-state index contributed by atoms with van der Waals surface area (Å²) in [6, 6.07) is 13.0. The van der Waals surface area contributed by atoms with Gasteiger partial charge in [0.15, 0.2) is 0 Å². The molecule has 0 spiro atoms. The van der Waals surface area contributed by atoms with E-state index in [1.807, 2.05) is 0 Å². The van der Waals surface area contributed by atoms with Gasteiger partial charge in [-0.1, -0.05) is 36.4 Å². The van der Waals surface area contributed by atoms with Crippen molar-refractivity contribution >= 4 is 11.9 Å². The SMILES string of the molecule is COCC(COC)(c1ccccc1C(=O)O)c1ccccc1C(=O)O.COCCCOC. The monoisotopic (exact) mass is 448 g/mol. The van der Waals surface area contributed by atoms with E-state index in [9.17, 15) is 19.8 Å². The standard InChI is InChI=1S/C19H20O6.C5H12O2/c1-24-11-19(12-25-2,15-9-5-3-7-13(15)17(20)21)16-10-6-4-8-14(16)18(22)23;1-6-4-3-5-7-2/h3-10H,11-12H2,1-2H3,(H,20,21)(H,22,23);3-5H2,1-2H3. The quantitative estimate of drug-likeness (QED) is 0.476. The Labute approximate surface area is 188 Å². The van der Waals surface area contributed by atoms with E-state index in [0.717, 1.165) is 19.6 Å². The van der Waals surface area contributed by atoms with Gasteiger partial charge in [-0.3, -0.25) is 0 Å². The Kier molecular flexibility index (Phi) is 12.2. The molecule has 32 heavy (non-hydrogen) atoms. The zero-order valence-corrected chi connectivity index (χ0v) is 19.0. The van der Waals surface area contributed by atoms with Crippen molar-refractivity contribution < 1.29 is 38.7 Å². The number of carboxylic acid groups (broad SMARTS) is 2. The third kappa shape index (κ3) is 7.13. The highest BCUT2D eigenvalue weighted by Gasteiger charge is 2.40. The number of aromatic carboxylic acids is 2. The van der Waals surface area contributed by atoms with E-state index in [4.69, 9.17) is 18.9 Å². The first-order valence-electron chi connectivity index (χ1n) is 10.0. The highest BCUT2D eigenvalue weighted by Crippen LogP contribution is 2.37. The highest BCUT2D eigenvalue weighted by molar-refractivity contribution is 5.92. The van der Waals surface area contributed by atoms with Crippen LogP contribution in [0, 0.1) is 0 Å². The van der Waals surface area contributed by atoms with Crippen LogP contribution < -0.4 is 0 Å². The summed E-state index contributed by atoms with van der Waals surface area (Å²) >= 11 is 0. The van der Waals surface area contributed by atoms with Crippen LogP contribution in [0.4, 0.5) is 0 Å². The van der Waals surface area contributed by atoms with Crippen LogP contribution in [-0.4, -0.2) is 77.0 Å². The minimum atomic E-state index is -1.10. The first-order valence-corrected chi connectivity index (χ1v) is 10.0. The Morgan fingerprint density at radius 1 is 0.688 bits per heavy atom. The molecule has 8 nitrogen and oxygen atoms in total. The fourth-order valence-electron chi connectivity index (χ4n) is 3.51. The fraction of sp³-hybridized carbons (Fsp3) is 0.417. The van der Waals surface area contributed by atoms with Gasteiger partial charge in [-0.25, -0.2) is 9.59 Å². The third-order valence-electron chi connectivity index (χ3n) is 4.82. The molecule has 0 atom stereocenters. The molecule has 2 aromatic carbocycles. The topological polar surface area (TPSA) is 112 Å². The van der Waals surface area contributed by atoms with E-state index in [-0.39, 0.29) is 24.3 Å².